The van der Waals surface area contributed by atoms with E-state index in [2.05, 4.69) is 5.32 Å². The Morgan fingerprint density at radius 3 is 2.48 bits per heavy atom. The molecule has 3 amide bonds. The van der Waals surface area contributed by atoms with Gasteiger partial charge in [0.1, 0.15) is 12.4 Å². The average Bonchev–Trinajstić information content (AvgIpc) is 3.17. The van der Waals surface area contributed by atoms with E-state index in [0.29, 0.717) is 34.3 Å². The van der Waals surface area contributed by atoms with Gasteiger partial charge in [-0.25, -0.2) is 0 Å². The van der Waals surface area contributed by atoms with Crippen LogP contribution in [0.3, 0.4) is 0 Å². The normalized spacial score (nSPS) is 14.0. The lowest BCUT2D eigenvalue weighted by Crippen LogP contribution is -2.32. The lowest BCUT2D eigenvalue weighted by Gasteiger charge is -2.14. The lowest BCUT2D eigenvalue weighted by atomic mass is 10.1. The summed E-state index contributed by atoms with van der Waals surface area (Å²) in [4.78, 5) is 39.4. The van der Waals surface area contributed by atoms with Crippen molar-refractivity contribution >= 4 is 40.6 Å². The number of carbonyl (C=O) groups excluding carboxylic acids is 3. The molecule has 1 aliphatic rings. The molecule has 0 aliphatic carbocycles. The van der Waals surface area contributed by atoms with Gasteiger partial charge in [-0.3, -0.25) is 19.3 Å². The molecule has 4 rings (SSSR count). The summed E-state index contributed by atoms with van der Waals surface area (Å²) in [6.07, 6.45) is 1.64. The van der Waals surface area contributed by atoms with Crippen molar-refractivity contribution in [3.05, 3.63) is 87.8 Å². The summed E-state index contributed by atoms with van der Waals surface area (Å²) in [5.74, 6) is 0.858. The summed E-state index contributed by atoms with van der Waals surface area (Å²) in [7, 11) is 0. The number of carbonyl (C=O) groups is 3. The zero-order valence-electron chi connectivity index (χ0n) is 23.0. The molecule has 0 atom stereocenters. The monoisotopic (exact) mass is 560 g/mol. The standard InChI is InChI=1S/C31H32N2O6S/c1-5-37-27-17-23(10-12-26(27)39-19-29(34)32-25-11-9-21(3)15-22(25)4)18-28-30(35)33(31(36)40-28)13-14-38-24-8-6-7-20(2)16-24/h6-12,15-18H,5,13-14,19H2,1-4H3,(H,32,34)/b28-18-. The third-order valence-electron chi connectivity index (χ3n) is 6.03. The molecule has 3 aromatic rings. The third kappa shape index (κ3) is 7.45. The Kier molecular flexibility index (Phi) is 9.50. The van der Waals surface area contributed by atoms with E-state index in [1.54, 1.807) is 24.3 Å². The minimum Gasteiger partial charge on any atom is -0.492 e. The number of imide groups is 1. The van der Waals surface area contributed by atoms with E-state index in [0.717, 1.165) is 34.1 Å². The van der Waals surface area contributed by atoms with Crippen molar-refractivity contribution in [2.24, 2.45) is 0 Å². The van der Waals surface area contributed by atoms with Gasteiger partial charge in [0.15, 0.2) is 18.1 Å². The molecule has 1 heterocycles. The Hall–Kier alpha value is -4.24. The SMILES string of the molecule is CCOc1cc(/C=C2\SC(=O)N(CCOc3cccc(C)c3)C2=O)ccc1OCC(=O)Nc1ccc(C)cc1C. The maximum atomic E-state index is 12.9. The molecule has 1 N–H and O–H groups in total. The highest BCUT2D eigenvalue weighted by Crippen LogP contribution is 2.34. The molecule has 40 heavy (non-hydrogen) atoms. The molecular formula is C31H32N2O6S. The molecule has 9 heteroatoms. The van der Waals surface area contributed by atoms with E-state index >= 15 is 0 Å². The summed E-state index contributed by atoms with van der Waals surface area (Å²) < 4.78 is 17.2. The Morgan fingerprint density at radius 1 is 0.925 bits per heavy atom. The van der Waals surface area contributed by atoms with E-state index in [9.17, 15) is 14.4 Å². The smallest absolute Gasteiger partial charge is 0.293 e. The van der Waals surface area contributed by atoms with E-state index in [4.69, 9.17) is 14.2 Å². The summed E-state index contributed by atoms with van der Waals surface area (Å²) in [5, 5.41) is 2.51. The van der Waals surface area contributed by atoms with Crippen LogP contribution in [-0.2, 0) is 9.59 Å². The van der Waals surface area contributed by atoms with Gasteiger partial charge in [0.2, 0.25) is 0 Å². The molecule has 0 bridgehead atoms. The first-order chi connectivity index (χ1) is 19.2. The zero-order chi connectivity index (χ0) is 28.6. The van der Waals surface area contributed by atoms with Crippen LogP contribution >= 0.6 is 11.8 Å². The number of hydrogen-bond acceptors (Lipinski definition) is 7. The molecule has 1 saturated heterocycles. The molecule has 0 unspecified atom stereocenters. The topological polar surface area (TPSA) is 94.2 Å². The number of ether oxygens (including phenoxy) is 3. The lowest BCUT2D eigenvalue weighted by molar-refractivity contribution is -0.123. The first kappa shape index (κ1) is 28.8. The van der Waals surface area contributed by atoms with Gasteiger partial charge in [-0.05, 0) is 92.6 Å². The van der Waals surface area contributed by atoms with Gasteiger partial charge < -0.3 is 19.5 Å². The van der Waals surface area contributed by atoms with Crippen molar-refractivity contribution in [3.63, 3.8) is 0 Å². The second kappa shape index (κ2) is 13.2. The highest BCUT2D eigenvalue weighted by atomic mass is 32.2. The molecule has 0 aromatic heterocycles. The fourth-order valence-electron chi connectivity index (χ4n) is 4.09. The second-order valence-electron chi connectivity index (χ2n) is 9.29. The van der Waals surface area contributed by atoms with Crippen LogP contribution in [0.2, 0.25) is 0 Å². The minimum atomic E-state index is -0.371. The zero-order valence-corrected chi connectivity index (χ0v) is 23.8. The van der Waals surface area contributed by atoms with E-state index < -0.39 is 0 Å². The number of amides is 3. The number of hydrogen-bond donors (Lipinski definition) is 1. The van der Waals surface area contributed by atoms with Crippen LogP contribution < -0.4 is 19.5 Å². The largest absolute Gasteiger partial charge is 0.492 e. The minimum absolute atomic E-state index is 0.150. The van der Waals surface area contributed by atoms with Crippen molar-refractivity contribution < 1.29 is 28.6 Å². The van der Waals surface area contributed by atoms with Crippen molar-refractivity contribution in [3.8, 4) is 17.2 Å². The fourth-order valence-corrected chi connectivity index (χ4v) is 4.95. The van der Waals surface area contributed by atoms with Crippen molar-refractivity contribution in [1.29, 1.82) is 0 Å². The van der Waals surface area contributed by atoms with Crippen LogP contribution in [-0.4, -0.2) is 48.3 Å². The van der Waals surface area contributed by atoms with Crippen LogP contribution in [0.1, 0.15) is 29.2 Å². The van der Waals surface area contributed by atoms with E-state index in [1.165, 1.54) is 4.90 Å². The fraction of sp³-hybridized carbons (Fsp3) is 0.258. The summed E-state index contributed by atoms with van der Waals surface area (Å²) >= 11 is 0.884. The van der Waals surface area contributed by atoms with Gasteiger partial charge in [-0.1, -0.05) is 35.9 Å². The first-order valence-electron chi connectivity index (χ1n) is 12.9. The van der Waals surface area contributed by atoms with Crippen molar-refractivity contribution in [2.75, 3.05) is 31.7 Å². The number of anilines is 1. The maximum Gasteiger partial charge on any atom is 0.293 e. The van der Waals surface area contributed by atoms with Crippen LogP contribution in [0.5, 0.6) is 17.2 Å². The number of nitrogens with zero attached hydrogens (tertiary/aromatic N) is 1. The van der Waals surface area contributed by atoms with Gasteiger partial charge in [0, 0.05) is 5.69 Å². The van der Waals surface area contributed by atoms with Gasteiger partial charge in [0.05, 0.1) is 18.1 Å². The van der Waals surface area contributed by atoms with Crippen molar-refractivity contribution in [2.45, 2.75) is 27.7 Å². The molecule has 1 fully saturated rings. The van der Waals surface area contributed by atoms with Gasteiger partial charge in [0.25, 0.3) is 17.1 Å². The third-order valence-corrected chi connectivity index (χ3v) is 6.93. The van der Waals surface area contributed by atoms with Crippen LogP contribution in [0.15, 0.2) is 65.6 Å². The second-order valence-corrected chi connectivity index (χ2v) is 10.3. The van der Waals surface area contributed by atoms with Crippen LogP contribution in [0, 0.1) is 20.8 Å². The first-order valence-corrected chi connectivity index (χ1v) is 13.8. The molecule has 0 saturated carbocycles. The summed E-state index contributed by atoms with van der Waals surface area (Å²) in [5.41, 5.74) is 4.54. The number of rotatable bonds is 11. The Morgan fingerprint density at radius 2 is 1.73 bits per heavy atom. The Labute approximate surface area is 238 Å². The summed E-state index contributed by atoms with van der Waals surface area (Å²) in [6, 6.07) is 18.5. The quantitative estimate of drug-likeness (QED) is 0.281. The van der Waals surface area contributed by atoms with E-state index in [-0.39, 0.29) is 36.8 Å². The van der Waals surface area contributed by atoms with Gasteiger partial charge in [-0.2, -0.15) is 0 Å². The molecule has 208 valence electrons. The molecular weight excluding hydrogens is 528 g/mol. The maximum absolute atomic E-state index is 12.9. The van der Waals surface area contributed by atoms with Gasteiger partial charge in [-0.15, -0.1) is 0 Å². The number of benzene rings is 3. The Bertz CT molecular complexity index is 1450. The predicted molar refractivity (Wildman–Crippen MR) is 157 cm³/mol. The molecule has 3 aromatic carbocycles. The average molecular weight is 561 g/mol. The number of thioether (sulfide) groups is 1. The van der Waals surface area contributed by atoms with E-state index in [1.807, 2.05) is 70.2 Å². The summed E-state index contributed by atoms with van der Waals surface area (Å²) in [6.45, 7) is 8.27. The van der Waals surface area contributed by atoms with Gasteiger partial charge >= 0.3 is 0 Å². The predicted octanol–water partition coefficient (Wildman–Crippen LogP) is 6.14. The number of nitrogens with one attached hydrogen (secondary N) is 1. The number of aryl methyl sites for hydroxylation is 3. The highest BCUT2D eigenvalue weighted by molar-refractivity contribution is 8.18. The Balaban J connectivity index is 1.38. The van der Waals surface area contributed by atoms with Crippen LogP contribution in [0.4, 0.5) is 10.5 Å². The van der Waals surface area contributed by atoms with Crippen LogP contribution in [0.25, 0.3) is 6.08 Å². The molecule has 8 nitrogen and oxygen atoms in total. The molecule has 1 aliphatic heterocycles. The highest BCUT2D eigenvalue weighted by Gasteiger charge is 2.34. The van der Waals surface area contributed by atoms with Crippen molar-refractivity contribution in [1.82, 2.24) is 4.90 Å². The molecule has 0 radical (unpaired) electrons. The molecule has 0 spiro atoms.